The van der Waals surface area contributed by atoms with Crippen LogP contribution in [0.2, 0.25) is 0 Å². The maximum atomic E-state index is 11.8. The van der Waals surface area contributed by atoms with Crippen LogP contribution in [0.5, 0.6) is 0 Å². The van der Waals surface area contributed by atoms with E-state index in [1.165, 1.54) is 29.4 Å². The predicted octanol–water partition coefficient (Wildman–Crippen LogP) is 2.43. The topological polar surface area (TPSA) is 90.1 Å². The number of benzene rings is 1. The monoisotopic (exact) mass is 260 g/mol. The average molecular weight is 260 g/mol. The summed E-state index contributed by atoms with van der Waals surface area (Å²) >= 11 is 0. The molecule has 1 amide bonds. The number of nitro groups is 1. The fourth-order valence-electron chi connectivity index (χ4n) is 1.68. The Bertz CT molecular complexity index is 607. The SMILES string of the molecule is CCc1ccc(NC(=O)n2ccnc2)cc1[N+](=O)[O-]. The smallest absolute Gasteiger partial charge is 0.307 e. The lowest BCUT2D eigenvalue weighted by atomic mass is 10.1. The maximum Gasteiger partial charge on any atom is 0.331 e. The zero-order valence-corrected chi connectivity index (χ0v) is 10.2. The van der Waals surface area contributed by atoms with Crippen molar-refractivity contribution in [3.63, 3.8) is 0 Å². The molecule has 0 saturated heterocycles. The van der Waals surface area contributed by atoms with E-state index in [4.69, 9.17) is 0 Å². The molecule has 0 unspecified atom stereocenters. The number of hydrogen-bond donors (Lipinski definition) is 1. The first-order valence-corrected chi connectivity index (χ1v) is 5.68. The van der Waals surface area contributed by atoms with Gasteiger partial charge < -0.3 is 5.32 Å². The lowest BCUT2D eigenvalue weighted by molar-refractivity contribution is -0.385. The zero-order chi connectivity index (χ0) is 13.8. The molecule has 7 nitrogen and oxygen atoms in total. The summed E-state index contributed by atoms with van der Waals surface area (Å²) in [6.07, 6.45) is 4.88. The lowest BCUT2D eigenvalue weighted by Gasteiger charge is -2.06. The van der Waals surface area contributed by atoms with Crippen LogP contribution in [0.25, 0.3) is 0 Å². The molecule has 2 aromatic rings. The number of anilines is 1. The van der Waals surface area contributed by atoms with Crippen molar-refractivity contribution >= 4 is 17.4 Å². The minimum Gasteiger partial charge on any atom is -0.307 e. The third kappa shape index (κ3) is 2.76. The predicted molar refractivity (Wildman–Crippen MR) is 69.1 cm³/mol. The number of rotatable bonds is 3. The molecule has 98 valence electrons. The summed E-state index contributed by atoms with van der Waals surface area (Å²) in [5, 5.41) is 13.5. The largest absolute Gasteiger partial charge is 0.331 e. The van der Waals surface area contributed by atoms with E-state index < -0.39 is 11.0 Å². The molecule has 0 saturated carbocycles. The number of aromatic nitrogens is 2. The van der Waals surface area contributed by atoms with Gasteiger partial charge in [-0.1, -0.05) is 13.0 Å². The first-order valence-electron chi connectivity index (χ1n) is 5.68. The molecular formula is C12H12N4O3. The normalized spacial score (nSPS) is 10.2. The summed E-state index contributed by atoms with van der Waals surface area (Å²) in [5.74, 6) is 0. The Balaban J connectivity index is 2.24. The second kappa shape index (κ2) is 5.30. The van der Waals surface area contributed by atoms with Crippen molar-refractivity contribution in [2.75, 3.05) is 5.32 Å². The Morgan fingerprint density at radius 1 is 1.53 bits per heavy atom. The molecule has 19 heavy (non-hydrogen) atoms. The molecule has 1 aromatic heterocycles. The molecule has 2 rings (SSSR count). The van der Waals surface area contributed by atoms with E-state index in [1.54, 1.807) is 12.1 Å². The zero-order valence-electron chi connectivity index (χ0n) is 10.2. The number of hydrogen-bond acceptors (Lipinski definition) is 4. The van der Waals surface area contributed by atoms with E-state index >= 15 is 0 Å². The molecule has 0 fully saturated rings. The summed E-state index contributed by atoms with van der Waals surface area (Å²) in [6.45, 7) is 1.84. The molecule has 0 radical (unpaired) electrons. The fraction of sp³-hybridized carbons (Fsp3) is 0.167. The molecule has 0 aliphatic carbocycles. The van der Waals surface area contributed by atoms with E-state index in [-0.39, 0.29) is 5.69 Å². The number of amides is 1. The van der Waals surface area contributed by atoms with E-state index in [0.29, 0.717) is 17.7 Å². The van der Waals surface area contributed by atoms with Crippen LogP contribution in [-0.2, 0) is 6.42 Å². The summed E-state index contributed by atoms with van der Waals surface area (Å²) in [5.41, 5.74) is 1.01. The molecule has 0 bridgehead atoms. The molecule has 1 N–H and O–H groups in total. The van der Waals surface area contributed by atoms with Gasteiger partial charge in [0.15, 0.2) is 0 Å². The molecule has 1 heterocycles. The van der Waals surface area contributed by atoms with Crippen LogP contribution in [0.3, 0.4) is 0 Å². The summed E-state index contributed by atoms with van der Waals surface area (Å²) in [7, 11) is 0. The molecule has 0 spiro atoms. The van der Waals surface area contributed by atoms with Gasteiger partial charge in [0.25, 0.3) is 5.69 Å². The molecular weight excluding hydrogens is 248 g/mol. The van der Waals surface area contributed by atoms with Gasteiger partial charge in [0.1, 0.15) is 6.33 Å². The van der Waals surface area contributed by atoms with Gasteiger partial charge in [0, 0.05) is 29.7 Å². The van der Waals surface area contributed by atoms with Crippen molar-refractivity contribution in [1.82, 2.24) is 9.55 Å². The molecule has 7 heteroatoms. The first kappa shape index (κ1) is 12.7. The van der Waals surface area contributed by atoms with Gasteiger partial charge in [0.05, 0.1) is 4.92 Å². The molecule has 0 aliphatic heterocycles. The van der Waals surface area contributed by atoms with Gasteiger partial charge in [-0.05, 0) is 12.5 Å². The van der Waals surface area contributed by atoms with Gasteiger partial charge in [-0.25, -0.2) is 9.78 Å². The highest BCUT2D eigenvalue weighted by Gasteiger charge is 2.14. The Hall–Kier alpha value is -2.70. The summed E-state index contributed by atoms with van der Waals surface area (Å²) in [6, 6.07) is 4.21. The Morgan fingerprint density at radius 2 is 2.32 bits per heavy atom. The number of carbonyl (C=O) groups excluding carboxylic acids is 1. The van der Waals surface area contributed by atoms with Crippen LogP contribution in [0.1, 0.15) is 12.5 Å². The summed E-state index contributed by atoms with van der Waals surface area (Å²) < 4.78 is 1.25. The van der Waals surface area contributed by atoms with Gasteiger partial charge >= 0.3 is 6.03 Å². The highest BCUT2D eigenvalue weighted by atomic mass is 16.6. The van der Waals surface area contributed by atoms with E-state index in [2.05, 4.69) is 10.3 Å². The fourth-order valence-corrected chi connectivity index (χ4v) is 1.68. The maximum absolute atomic E-state index is 11.8. The second-order valence-electron chi connectivity index (χ2n) is 3.85. The number of nitro benzene ring substituents is 1. The van der Waals surface area contributed by atoms with Gasteiger partial charge in [-0.2, -0.15) is 0 Å². The minimum atomic E-state index is -0.453. The highest BCUT2D eigenvalue weighted by Crippen LogP contribution is 2.23. The Kier molecular flexibility index (Phi) is 3.56. The van der Waals surface area contributed by atoms with Crippen LogP contribution in [0, 0.1) is 10.1 Å². The third-order valence-corrected chi connectivity index (χ3v) is 2.65. The lowest BCUT2D eigenvalue weighted by Crippen LogP contribution is -2.17. The number of aryl methyl sites for hydroxylation is 1. The number of nitrogens with one attached hydrogen (secondary N) is 1. The second-order valence-corrected chi connectivity index (χ2v) is 3.85. The van der Waals surface area contributed by atoms with Gasteiger partial charge in [-0.15, -0.1) is 0 Å². The van der Waals surface area contributed by atoms with Crippen molar-refractivity contribution in [2.45, 2.75) is 13.3 Å². The highest BCUT2D eigenvalue weighted by molar-refractivity contribution is 5.91. The van der Waals surface area contributed by atoms with E-state index in [1.807, 2.05) is 6.92 Å². The van der Waals surface area contributed by atoms with Crippen molar-refractivity contribution in [1.29, 1.82) is 0 Å². The molecule has 0 aliphatic rings. The minimum absolute atomic E-state index is 0.00549. The quantitative estimate of drug-likeness (QED) is 0.677. The van der Waals surface area contributed by atoms with Crippen molar-refractivity contribution < 1.29 is 9.72 Å². The Morgan fingerprint density at radius 3 is 2.89 bits per heavy atom. The third-order valence-electron chi connectivity index (χ3n) is 2.65. The van der Waals surface area contributed by atoms with E-state index in [9.17, 15) is 14.9 Å². The number of carbonyl (C=O) groups is 1. The summed E-state index contributed by atoms with van der Waals surface area (Å²) in [4.78, 5) is 26.0. The van der Waals surface area contributed by atoms with Crippen molar-refractivity contribution in [2.24, 2.45) is 0 Å². The molecule has 1 aromatic carbocycles. The first-order chi connectivity index (χ1) is 9.11. The van der Waals surface area contributed by atoms with Gasteiger partial charge in [-0.3, -0.25) is 14.7 Å². The van der Waals surface area contributed by atoms with Crippen LogP contribution < -0.4 is 5.32 Å². The number of nitrogens with zero attached hydrogens (tertiary/aromatic N) is 3. The van der Waals surface area contributed by atoms with Crippen LogP contribution >= 0.6 is 0 Å². The van der Waals surface area contributed by atoms with Crippen LogP contribution in [0.4, 0.5) is 16.2 Å². The Labute approximate surface area is 109 Å². The van der Waals surface area contributed by atoms with Gasteiger partial charge in [0.2, 0.25) is 0 Å². The molecule has 0 atom stereocenters. The van der Waals surface area contributed by atoms with Crippen LogP contribution in [0.15, 0.2) is 36.9 Å². The van der Waals surface area contributed by atoms with E-state index in [0.717, 1.165) is 0 Å². The average Bonchev–Trinajstić information content (AvgIpc) is 2.92. The van der Waals surface area contributed by atoms with Crippen molar-refractivity contribution in [3.8, 4) is 0 Å². The standard InChI is InChI=1S/C12H12N4O3/c1-2-9-3-4-10(7-11(9)16(18)19)14-12(17)15-6-5-13-8-15/h3-8H,2H2,1H3,(H,14,17). The van der Waals surface area contributed by atoms with Crippen LogP contribution in [-0.4, -0.2) is 20.5 Å². The number of imidazole rings is 1. The van der Waals surface area contributed by atoms with Crippen molar-refractivity contribution in [3.05, 3.63) is 52.6 Å².